The number of carbonyl (C=O) groups excluding carboxylic acids is 1. The smallest absolute Gasteiger partial charge is 0.279 e. The van der Waals surface area contributed by atoms with Crippen LogP contribution in [-0.4, -0.2) is 19.5 Å². The first kappa shape index (κ1) is 16.7. The molecule has 3 rings (SSSR count). The van der Waals surface area contributed by atoms with Crippen molar-refractivity contribution >= 4 is 22.4 Å². The van der Waals surface area contributed by atoms with Crippen molar-refractivity contribution in [3.8, 4) is 6.07 Å². The van der Waals surface area contributed by atoms with Crippen LogP contribution in [0.3, 0.4) is 0 Å². The van der Waals surface area contributed by atoms with E-state index in [1.807, 2.05) is 67.7 Å². The van der Waals surface area contributed by atoms with Gasteiger partial charge in [0.1, 0.15) is 6.54 Å². The molecule has 0 fully saturated rings. The van der Waals surface area contributed by atoms with Crippen LogP contribution in [0.4, 0.5) is 5.69 Å². The zero-order valence-electron chi connectivity index (χ0n) is 14.1. The van der Waals surface area contributed by atoms with E-state index in [4.69, 9.17) is 0 Å². The number of nitrogens with zero attached hydrogens (tertiary/aromatic N) is 1. The number of hydrogen-bond donors (Lipinski definition) is 2. The van der Waals surface area contributed by atoms with Gasteiger partial charge in [-0.15, -0.1) is 0 Å². The predicted molar refractivity (Wildman–Crippen MR) is 99.2 cm³/mol. The van der Waals surface area contributed by atoms with Crippen molar-refractivity contribution < 1.29 is 9.69 Å². The molecule has 0 saturated heterocycles. The van der Waals surface area contributed by atoms with Crippen molar-refractivity contribution in [2.45, 2.75) is 6.54 Å². The molecule has 0 aliphatic heterocycles. The van der Waals surface area contributed by atoms with E-state index < -0.39 is 0 Å². The number of likely N-dealkylation sites (N-methyl/N-ethyl adjacent to an activating group) is 1. The fourth-order valence-electron chi connectivity index (χ4n) is 2.97. The van der Waals surface area contributed by atoms with Crippen LogP contribution in [0.15, 0.2) is 66.7 Å². The number of fused-ring (bicyclic) bond motifs is 1. The van der Waals surface area contributed by atoms with Gasteiger partial charge in [0.05, 0.1) is 18.7 Å². The summed E-state index contributed by atoms with van der Waals surface area (Å²) < 4.78 is 0. The lowest BCUT2D eigenvalue weighted by atomic mass is 10.1. The molecule has 1 amide bonds. The highest BCUT2D eigenvalue weighted by atomic mass is 16.2. The van der Waals surface area contributed by atoms with Crippen LogP contribution in [0.2, 0.25) is 0 Å². The molecule has 0 saturated carbocycles. The van der Waals surface area contributed by atoms with Crippen LogP contribution in [0.5, 0.6) is 0 Å². The van der Waals surface area contributed by atoms with E-state index in [1.165, 1.54) is 0 Å². The van der Waals surface area contributed by atoms with E-state index in [0.29, 0.717) is 18.7 Å². The van der Waals surface area contributed by atoms with Gasteiger partial charge >= 0.3 is 0 Å². The minimum Gasteiger partial charge on any atom is -0.326 e. The lowest BCUT2D eigenvalue weighted by Gasteiger charge is -2.15. The lowest BCUT2D eigenvalue weighted by Crippen LogP contribution is -3.08. The molecule has 25 heavy (non-hydrogen) atoms. The van der Waals surface area contributed by atoms with Gasteiger partial charge in [-0.25, -0.2) is 0 Å². The van der Waals surface area contributed by atoms with Crippen molar-refractivity contribution in [1.82, 2.24) is 0 Å². The molecule has 0 spiro atoms. The number of carbonyl (C=O) groups is 1. The highest BCUT2D eigenvalue weighted by Gasteiger charge is 2.13. The highest BCUT2D eigenvalue weighted by Crippen LogP contribution is 2.22. The average Bonchev–Trinajstić information content (AvgIpc) is 2.62. The number of rotatable bonds is 5. The van der Waals surface area contributed by atoms with Crippen LogP contribution in [0.25, 0.3) is 10.8 Å². The highest BCUT2D eigenvalue weighted by molar-refractivity contribution is 6.02. The maximum absolute atomic E-state index is 12.4. The van der Waals surface area contributed by atoms with Gasteiger partial charge in [-0.3, -0.25) is 4.79 Å². The van der Waals surface area contributed by atoms with Crippen LogP contribution in [0, 0.1) is 11.3 Å². The second-order valence-corrected chi connectivity index (χ2v) is 6.15. The van der Waals surface area contributed by atoms with Crippen molar-refractivity contribution in [2.75, 3.05) is 18.9 Å². The zero-order valence-corrected chi connectivity index (χ0v) is 14.1. The van der Waals surface area contributed by atoms with Crippen LogP contribution in [-0.2, 0) is 11.3 Å². The minimum absolute atomic E-state index is 0.0386. The Kier molecular flexibility index (Phi) is 5.08. The van der Waals surface area contributed by atoms with Gasteiger partial charge in [-0.2, -0.15) is 5.26 Å². The maximum atomic E-state index is 12.4. The number of nitriles is 1. The zero-order chi connectivity index (χ0) is 17.6. The Balaban J connectivity index is 1.67. The van der Waals surface area contributed by atoms with Gasteiger partial charge in [0.25, 0.3) is 5.91 Å². The summed E-state index contributed by atoms with van der Waals surface area (Å²) in [4.78, 5) is 13.4. The third-order valence-corrected chi connectivity index (χ3v) is 4.16. The molecule has 124 valence electrons. The molecular weight excluding hydrogens is 310 g/mol. The van der Waals surface area contributed by atoms with Crippen molar-refractivity contribution in [3.63, 3.8) is 0 Å². The summed E-state index contributed by atoms with van der Waals surface area (Å²) in [5.41, 5.74) is 2.45. The Labute approximate surface area is 147 Å². The topological polar surface area (TPSA) is 57.3 Å². The first-order valence-corrected chi connectivity index (χ1v) is 8.24. The van der Waals surface area contributed by atoms with E-state index in [0.717, 1.165) is 26.9 Å². The summed E-state index contributed by atoms with van der Waals surface area (Å²) in [5, 5.41) is 14.3. The maximum Gasteiger partial charge on any atom is 0.279 e. The van der Waals surface area contributed by atoms with E-state index in [2.05, 4.69) is 11.4 Å². The number of quaternary nitrogens is 1. The van der Waals surface area contributed by atoms with Crippen LogP contribution >= 0.6 is 0 Å². The van der Waals surface area contributed by atoms with Gasteiger partial charge in [0.15, 0.2) is 6.54 Å². The van der Waals surface area contributed by atoms with Gasteiger partial charge < -0.3 is 10.2 Å². The lowest BCUT2D eigenvalue weighted by molar-refractivity contribution is -0.885. The van der Waals surface area contributed by atoms with Gasteiger partial charge in [-0.1, -0.05) is 54.6 Å². The molecule has 3 aromatic rings. The van der Waals surface area contributed by atoms with Crippen molar-refractivity contribution in [2.24, 2.45) is 0 Å². The summed E-state index contributed by atoms with van der Waals surface area (Å²) >= 11 is 0. The van der Waals surface area contributed by atoms with E-state index in [-0.39, 0.29) is 5.91 Å². The van der Waals surface area contributed by atoms with E-state index in [9.17, 15) is 10.1 Å². The third-order valence-electron chi connectivity index (χ3n) is 4.16. The van der Waals surface area contributed by atoms with Crippen molar-refractivity contribution in [1.29, 1.82) is 5.26 Å². The molecular formula is C21H20N3O+. The quantitative estimate of drug-likeness (QED) is 0.754. The summed E-state index contributed by atoms with van der Waals surface area (Å²) in [6.07, 6.45) is 0. The predicted octanol–water partition coefficient (Wildman–Crippen LogP) is 2.36. The molecule has 4 nitrogen and oxygen atoms in total. The van der Waals surface area contributed by atoms with E-state index >= 15 is 0 Å². The monoisotopic (exact) mass is 330 g/mol. The SMILES string of the molecule is C[NH+](CC(=O)Nc1cccc2ccccc12)Cc1ccccc1C#N. The largest absolute Gasteiger partial charge is 0.326 e. The molecule has 0 heterocycles. The molecule has 3 aromatic carbocycles. The second kappa shape index (κ2) is 7.61. The van der Waals surface area contributed by atoms with E-state index in [1.54, 1.807) is 6.07 Å². The minimum atomic E-state index is -0.0386. The molecule has 0 aliphatic carbocycles. The Morgan fingerprint density at radius 2 is 1.76 bits per heavy atom. The second-order valence-electron chi connectivity index (χ2n) is 6.15. The fourth-order valence-corrected chi connectivity index (χ4v) is 2.97. The van der Waals surface area contributed by atoms with Crippen LogP contribution in [0.1, 0.15) is 11.1 Å². The summed E-state index contributed by atoms with van der Waals surface area (Å²) in [5.74, 6) is -0.0386. The summed E-state index contributed by atoms with van der Waals surface area (Å²) in [6.45, 7) is 0.968. The number of amides is 1. The van der Waals surface area contributed by atoms with Crippen molar-refractivity contribution in [3.05, 3.63) is 77.9 Å². The Morgan fingerprint density at radius 3 is 2.60 bits per heavy atom. The fraction of sp³-hybridized carbons (Fsp3) is 0.143. The molecule has 4 heteroatoms. The molecule has 1 atom stereocenters. The Morgan fingerprint density at radius 1 is 1.04 bits per heavy atom. The molecule has 0 aliphatic rings. The van der Waals surface area contributed by atoms with Crippen LogP contribution < -0.4 is 10.2 Å². The number of benzene rings is 3. The van der Waals surface area contributed by atoms with Gasteiger partial charge in [0, 0.05) is 16.6 Å². The van der Waals surface area contributed by atoms with Gasteiger partial charge in [0.2, 0.25) is 0 Å². The number of nitrogens with one attached hydrogen (secondary N) is 2. The summed E-state index contributed by atoms with van der Waals surface area (Å²) in [7, 11) is 1.96. The molecule has 1 unspecified atom stereocenters. The number of hydrogen-bond acceptors (Lipinski definition) is 2. The number of anilines is 1. The third kappa shape index (κ3) is 4.03. The first-order valence-electron chi connectivity index (χ1n) is 8.24. The molecule has 0 bridgehead atoms. The normalized spacial score (nSPS) is 11.7. The Hall–Kier alpha value is -3.16. The summed E-state index contributed by atoms with van der Waals surface area (Å²) in [6, 6.07) is 23.6. The van der Waals surface area contributed by atoms with Gasteiger partial charge in [-0.05, 0) is 17.5 Å². The Bertz CT molecular complexity index is 938. The first-order chi connectivity index (χ1) is 12.2. The standard InChI is InChI=1S/C21H19N3O/c1-24(14-18-9-3-2-8-17(18)13-22)15-21(25)23-20-12-6-10-16-7-4-5-11-19(16)20/h2-12H,14-15H2,1H3,(H,23,25)/p+1. The molecule has 2 N–H and O–H groups in total. The molecule has 0 radical (unpaired) electrons. The average molecular weight is 330 g/mol. The molecule has 0 aromatic heterocycles.